The summed E-state index contributed by atoms with van der Waals surface area (Å²) < 4.78 is 0. The van der Waals surface area contributed by atoms with Gasteiger partial charge >= 0.3 is 0 Å². The molecule has 2 N–H and O–H groups in total. The molecule has 0 fully saturated rings. The average molecular weight is 285 g/mol. The molecule has 0 aliphatic rings. The zero-order chi connectivity index (χ0) is 15.1. The summed E-state index contributed by atoms with van der Waals surface area (Å²) in [6.45, 7) is 2.11. The van der Waals surface area contributed by atoms with E-state index < -0.39 is 0 Å². The monoisotopic (exact) mass is 285 g/mol. The molecule has 3 heteroatoms. The Balaban J connectivity index is 1.97. The zero-order valence-corrected chi connectivity index (χ0v) is 12.2. The van der Waals surface area contributed by atoms with Crippen LogP contribution in [0.5, 0.6) is 0 Å². The Morgan fingerprint density at radius 3 is 2.41 bits per heavy atom. The lowest BCUT2D eigenvalue weighted by Gasteiger charge is -2.13. The molecule has 0 saturated carbocycles. The number of hydrogen-bond donors (Lipinski definition) is 1. The van der Waals surface area contributed by atoms with Gasteiger partial charge in [-0.25, -0.2) is 0 Å². The predicted molar refractivity (Wildman–Crippen MR) is 92.4 cm³/mol. The first kappa shape index (κ1) is 12.8. The van der Waals surface area contributed by atoms with E-state index in [0.717, 1.165) is 33.2 Å². The van der Waals surface area contributed by atoms with Crippen molar-refractivity contribution < 1.29 is 0 Å². The molecule has 0 radical (unpaired) electrons. The third-order valence-electron chi connectivity index (χ3n) is 4.03. The van der Waals surface area contributed by atoms with Gasteiger partial charge in [-0.15, -0.1) is 5.11 Å². The van der Waals surface area contributed by atoms with Crippen LogP contribution in [0.15, 0.2) is 70.9 Å². The second-order valence-electron chi connectivity index (χ2n) is 5.49. The van der Waals surface area contributed by atoms with E-state index in [-0.39, 0.29) is 0 Å². The summed E-state index contributed by atoms with van der Waals surface area (Å²) in [5, 5.41) is 13.3. The van der Waals surface area contributed by atoms with Gasteiger partial charge in [0, 0.05) is 16.5 Å². The van der Waals surface area contributed by atoms with Gasteiger partial charge in [0.05, 0.1) is 11.4 Å². The molecule has 0 aliphatic heterocycles. The lowest BCUT2D eigenvalue weighted by molar-refractivity contribution is 1.24. The normalized spacial score (nSPS) is 11.9. The molecule has 106 valence electrons. The Bertz CT molecular complexity index is 988. The van der Waals surface area contributed by atoms with Crippen molar-refractivity contribution >= 4 is 38.6 Å². The zero-order valence-electron chi connectivity index (χ0n) is 12.2. The van der Waals surface area contributed by atoms with E-state index in [2.05, 4.69) is 35.4 Å². The molecular weight excluding hydrogens is 270 g/mol. The molecule has 5 aromatic rings. The maximum absolute atomic E-state index is 6.18. The van der Waals surface area contributed by atoms with Gasteiger partial charge in [-0.05, 0) is 47.5 Å². The SMILES string of the molecule is Cc1cc2ccc1c1c(N=Nc3ccccc3)ccc(N)c21. The van der Waals surface area contributed by atoms with Gasteiger partial charge in [0.1, 0.15) is 0 Å². The third kappa shape index (κ3) is 1.91. The minimum Gasteiger partial charge on any atom is -0.398 e. The molecule has 0 spiro atoms. The summed E-state index contributed by atoms with van der Waals surface area (Å²) in [5.41, 5.74) is 9.91. The van der Waals surface area contributed by atoms with Crippen LogP contribution in [0.1, 0.15) is 5.56 Å². The van der Waals surface area contributed by atoms with Gasteiger partial charge in [-0.3, -0.25) is 0 Å². The Hall–Kier alpha value is -2.94. The van der Waals surface area contributed by atoms with Gasteiger partial charge in [0.2, 0.25) is 0 Å². The van der Waals surface area contributed by atoms with E-state index in [0.29, 0.717) is 0 Å². The van der Waals surface area contributed by atoms with Crippen LogP contribution in [0.25, 0.3) is 21.5 Å². The number of nitrogen functional groups attached to an aromatic ring is 1. The molecular formula is C19H15N3. The molecule has 2 bridgehead atoms. The fourth-order valence-corrected chi connectivity index (χ4v) is 2.98. The molecule has 0 saturated heterocycles. The van der Waals surface area contributed by atoms with Crippen molar-refractivity contribution in [2.75, 3.05) is 5.73 Å². The fraction of sp³-hybridized carbons (Fsp3) is 0.0526. The smallest absolute Gasteiger partial charge is 0.0943 e. The molecule has 0 aliphatic carbocycles. The van der Waals surface area contributed by atoms with Gasteiger partial charge in [0.25, 0.3) is 0 Å². The highest BCUT2D eigenvalue weighted by atomic mass is 15.1. The number of nitrogens with two attached hydrogens (primary N) is 1. The van der Waals surface area contributed by atoms with E-state index >= 15 is 0 Å². The standard InChI is InChI=1S/C19H15N3/c1-12-11-13-7-8-15(12)19-17(10-9-16(20)18(13)19)22-21-14-5-3-2-4-6-14/h2-11H,20H2,1H3. The van der Waals surface area contributed by atoms with Crippen molar-refractivity contribution in [2.45, 2.75) is 6.92 Å². The number of fused-ring (bicyclic) bond motifs is 2. The number of hydrogen-bond acceptors (Lipinski definition) is 3. The van der Waals surface area contributed by atoms with Gasteiger partial charge in [0.15, 0.2) is 0 Å². The molecule has 22 heavy (non-hydrogen) atoms. The number of benzene rings is 5. The minimum atomic E-state index is 0.786. The second-order valence-corrected chi connectivity index (χ2v) is 5.49. The maximum Gasteiger partial charge on any atom is 0.0943 e. The van der Waals surface area contributed by atoms with Crippen LogP contribution in [0, 0.1) is 6.92 Å². The van der Waals surface area contributed by atoms with Gasteiger partial charge in [-0.2, -0.15) is 5.11 Å². The molecule has 0 heterocycles. The highest BCUT2D eigenvalue weighted by Gasteiger charge is 2.12. The summed E-state index contributed by atoms with van der Waals surface area (Å²) in [5.74, 6) is 0. The van der Waals surface area contributed by atoms with Gasteiger partial charge in [-0.1, -0.05) is 36.4 Å². The largest absolute Gasteiger partial charge is 0.398 e. The molecule has 5 rings (SSSR count). The molecule has 3 nitrogen and oxygen atoms in total. The summed E-state index contributed by atoms with van der Waals surface area (Å²) in [7, 11) is 0. The van der Waals surface area contributed by atoms with Crippen molar-refractivity contribution in [3.8, 4) is 0 Å². The Morgan fingerprint density at radius 2 is 1.64 bits per heavy atom. The quantitative estimate of drug-likeness (QED) is 0.370. The topological polar surface area (TPSA) is 50.7 Å². The van der Waals surface area contributed by atoms with E-state index in [1.165, 1.54) is 10.9 Å². The van der Waals surface area contributed by atoms with Crippen LogP contribution in [0.4, 0.5) is 17.1 Å². The highest BCUT2D eigenvalue weighted by molar-refractivity contribution is 6.20. The summed E-state index contributed by atoms with van der Waals surface area (Å²) in [6, 6.07) is 20.0. The van der Waals surface area contributed by atoms with Crippen LogP contribution >= 0.6 is 0 Å². The van der Waals surface area contributed by atoms with E-state index in [1.807, 2.05) is 42.5 Å². The van der Waals surface area contributed by atoms with Crippen LogP contribution < -0.4 is 5.73 Å². The van der Waals surface area contributed by atoms with Crippen molar-refractivity contribution in [1.82, 2.24) is 0 Å². The van der Waals surface area contributed by atoms with Crippen molar-refractivity contribution in [3.63, 3.8) is 0 Å². The van der Waals surface area contributed by atoms with Crippen molar-refractivity contribution in [3.05, 3.63) is 66.2 Å². The Kier molecular flexibility index (Phi) is 2.79. The summed E-state index contributed by atoms with van der Waals surface area (Å²) >= 11 is 0. The second kappa shape index (κ2) is 4.81. The van der Waals surface area contributed by atoms with Crippen LogP contribution in [-0.4, -0.2) is 0 Å². The van der Waals surface area contributed by atoms with Crippen LogP contribution in [0.3, 0.4) is 0 Å². The molecule has 0 amide bonds. The minimum absolute atomic E-state index is 0.786. The van der Waals surface area contributed by atoms with Crippen LogP contribution in [-0.2, 0) is 0 Å². The average Bonchev–Trinajstić information content (AvgIpc) is 2.55. The number of aryl methyl sites for hydroxylation is 1. The molecule has 0 atom stereocenters. The molecule has 0 unspecified atom stereocenters. The first-order valence-corrected chi connectivity index (χ1v) is 7.25. The first-order valence-electron chi connectivity index (χ1n) is 7.25. The molecule has 0 aromatic heterocycles. The van der Waals surface area contributed by atoms with E-state index in [4.69, 9.17) is 5.73 Å². The third-order valence-corrected chi connectivity index (χ3v) is 4.03. The van der Waals surface area contributed by atoms with E-state index in [1.54, 1.807) is 0 Å². The summed E-state index contributed by atoms with van der Waals surface area (Å²) in [4.78, 5) is 0. The first-order chi connectivity index (χ1) is 10.7. The fourth-order valence-electron chi connectivity index (χ4n) is 2.98. The lowest BCUT2D eigenvalue weighted by Crippen LogP contribution is -1.91. The van der Waals surface area contributed by atoms with Crippen LogP contribution in [0.2, 0.25) is 0 Å². The number of azo groups is 1. The Morgan fingerprint density at radius 1 is 0.818 bits per heavy atom. The highest BCUT2D eigenvalue weighted by Crippen LogP contribution is 2.40. The maximum atomic E-state index is 6.18. The molecule has 5 aromatic carbocycles. The predicted octanol–water partition coefficient (Wildman–Crippen LogP) is 5.74. The lowest BCUT2D eigenvalue weighted by atomic mass is 9.93. The number of nitrogens with zero attached hydrogens (tertiary/aromatic N) is 2. The summed E-state index contributed by atoms with van der Waals surface area (Å²) in [6.07, 6.45) is 0. The van der Waals surface area contributed by atoms with Crippen molar-refractivity contribution in [1.29, 1.82) is 0 Å². The Labute approximate surface area is 128 Å². The van der Waals surface area contributed by atoms with E-state index in [9.17, 15) is 0 Å². The van der Waals surface area contributed by atoms with Gasteiger partial charge < -0.3 is 5.73 Å². The number of anilines is 1. The van der Waals surface area contributed by atoms with Crippen molar-refractivity contribution in [2.24, 2.45) is 10.2 Å². The number of rotatable bonds is 2.